The topological polar surface area (TPSA) is 106 Å². The second-order valence-electron chi connectivity index (χ2n) is 6.66. The first-order valence-electron chi connectivity index (χ1n) is 9.03. The number of carbonyl (C=O) groups excluding carboxylic acids is 1. The van der Waals surface area contributed by atoms with Gasteiger partial charge in [-0.3, -0.25) is 4.98 Å². The maximum Gasteiger partial charge on any atom is 0.337 e. The third kappa shape index (κ3) is 3.74. The Labute approximate surface area is 172 Å². The van der Waals surface area contributed by atoms with Crippen molar-refractivity contribution < 1.29 is 9.53 Å². The molecule has 0 spiro atoms. The number of nitrogen functional groups attached to an aromatic ring is 1. The molecule has 0 saturated carbocycles. The van der Waals surface area contributed by atoms with Gasteiger partial charge in [0.2, 0.25) is 0 Å². The van der Waals surface area contributed by atoms with Crippen molar-refractivity contribution in [3.8, 4) is 0 Å². The van der Waals surface area contributed by atoms with Gasteiger partial charge in [-0.2, -0.15) is 0 Å². The summed E-state index contributed by atoms with van der Waals surface area (Å²) in [6, 6.07) is 13.2. The zero-order valence-corrected chi connectivity index (χ0v) is 16.5. The molecule has 3 aromatic rings. The Bertz CT molecular complexity index is 1140. The number of nitrogens with zero attached hydrogens (tertiary/aromatic N) is 2. The monoisotopic (exact) mass is 405 g/mol. The molecule has 4 N–H and O–H groups in total. The number of allylic oxidation sites excluding steroid dienone is 1. The van der Waals surface area contributed by atoms with Crippen molar-refractivity contribution in [3.63, 3.8) is 0 Å². The van der Waals surface area contributed by atoms with Crippen LogP contribution in [-0.2, 0) is 16.1 Å². The second-order valence-corrected chi connectivity index (χ2v) is 7.05. The highest BCUT2D eigenvalue weighted by molar-refractivity contribution is 7.71. The van der Waals surface area contributed by atoms with Crippen molar-refractivity contribution >= 4 is 29.8 Å². The van der Waals surface area contributed by atoms with Crippen LogP contribution in [0.1, 0.15) is 29.5 Å². The lowest BCUT2D eigenvalue weighted by Gasteiger charge is -2.29. The molecule has 8 heteroatoms. The van der Waals surface area contributed by atoms with Gasteiger partial charge in [0.15, 0.2) is 4.77 Å². The number of hydrogen-bond acceptors (Lipinski definition) is 7. The van der Waals surface area contributed by atoms with E-state index in [4.69, 9.17) is 22.7 Å². The van der Waals surface area contributed by atoms with Crippen LogP contribution >= 0.6 is 12.2 Å². The number of rotatable bonds is 4. The van der Waals surface area contributed by atoms with E-state index in [1.54, 1.807) is 12.4 Å². The second kappa shape index (κ2) is 7.84. The van der Waals surface area contributed by atoms with Gasteiger partial charge in [0.25, 0.3) is 0 Å². The molecule has 1 aromatic carbocycles. The fraction of sp³-hybridized carbons (Fsp3) is 0.143. The number of pyridine rings is 1. The van der Waals surface area contributed by atoms with Crippen molar-refractivity contribution in [2.24, 2.45) is 0 Å². The highest BCUT2D eigenvalue weighted by Crippen LogP contribution is 2.43. The van der Waals surface area contributed by atoms with Crippen LogP contribution in [0.25, 0.3) is 0 Å². The molecule has 4 rings (SSSR count). The van der Waals surface area contributed by atoms with Crippen LogP contribution in [0, 0.1) is 4.77 Å². The minimum Gasteiger partial charge on any atom is -0.457 e. The molecule has 0 saturated heterocycles. The lowest BCUT2D eigenvalue weighted by molar-refractivity contribution is -0.140. The van der Waals surface area contributed by atoms with E-state index in [2.05, 4.69) is 20.3 Å². The lowest BCUT2D eigenvalue weighted by Crippen LogP contribution is -2.26. The van der Waals surface area contributed by atoms with Gasteiger partial charge in [0.1, 0.15) is 18.2 Å². The number of nitrogens with two attached hydrogens (primary N) is 1. The van der Waals surface area contributed by atoms with Gasteiger partial charge in [-0.25, -0.2) is 9.78 Å². The fourth-order valence-electron chi connectivity index (χ4n) is 3.44. The number of ether oxygens (including phenoxy) is 1. The minimum atomic E-state index is -0.484. The molecule has 1 unspecified atom stereocenters. The molecule has 0 bridgehead atoms. The maximum atomic E-state index is 13.1. The third-order valence-corrected chi connectivity index (χ3v) is 4.93. The van der Waals surface area contributed by atoms with Gasteiger partial charge < -0.3 is 20.8 Å². The SMILES string of the molecule is CC1=C(C(=O)OCc2ccccc2)C(c2cccnc2)c2c(nc(=S)[nH]c2N)N1. The Balaban J connectivity index is 1.76. The summed E-state index contributed by atoms with van der Waals surface area (Å²) < 4.78 is 5.88. The van der Waals surface area contributed by atoms with Crippen LogP contribution in [0.2, 0.25) is 0 Å². The maximum absolute atomic E-state index is 13.1. The number of nitrogens with one attached hydrogen (secondary N) is 2. The summed E-state index contributed by atoms with van der Waals surface area (Å²) in [7, 11) is 0. The number of hydrogen-bond donors (Lipinski definition) is 3. The number of aromatic amines is 1. The smallest absolute Gasteiger partial charge is 0.337 e. The molecule has 0 aliphatic carbocycles. The number of fused-ring (bicyclic) bond motifs is 1. The first-order valence-corrected chi connectivity index (χ1v) is 9.44. The van der Waals surface area contributed by atoms with Gasteiger partial charge in [-0.15, -0.1) is 0 Å². The first kappa shape index (κ1) is 18.8. The number of anilines is 2. The molecule has 0 radical (unpaired) electrons. The summed E-state index contributed by atoms with van der Waals surface area (Å²) >= 11 is 5.15. The van der Waals surface area contributed by atoms with Crippen LogP contribution in [0.3, 0.4) is 0 Å². The summed E-state index contributed by atoms with van der Waals surface area (Å²) in [4.78, 5) is 24.6. The number of H-pyrrole nitrogens is 1. The Morgan fingerprint density at radius 2 is 2.03 bits per heavy atom. The number of aromatic nitrogens is 3. The van der Waals surface area contributed by atoms with E-state index in [-0.39, 0.29) is 11.4 Å². The Kier molecular flexibility index (Phi) is 5.09. The van der Waals surface area contributed by atoms with Gasteiger partial charge in [0, 0.05) is 23.7 Å². The fourth-order valence-corrected chi connectivity index (χ4v) is 3.65. The number of carbonyl (C=O) groups is 1. The summed E-state index contributed by atoms with van der Waals surface area (Å²) in [5, 5.41) is 3.15. The quantitative estimate of drug-likeness (QED) is 0.449. The van der Waals surface area contributed by atoms with Crippen LogP contribution in [-0.4, -0.2) is 20.9 Å². The van der Waals surface area contributed by atoms with E-state index in [9.17, 15) is 4.79 Å². The lowest BCUT2D eigenvalue weighted by atomic mass is 9.82. The molecule has 3 heterocycles. The molecule has 0 fully saturated rings. The standard InChI is InChI=1S/C21H19N5O2S/c1-12-15(20(27)28-11-13-6-3-2-4-7-13)16(14-8-5-9-23-10-14)17-18(22)25-21(29)26-19(17)24-12/h2-10,16H,11H2,1H3,(H4,22,24,25,26,29). The van der Waals surface area contributed by atoms with Crippen LogP contribution in [0.4, 0.5) is 11.6 Å². The van der Waals surface area contributed by atoms with Crippen molar-refractivity contribution in [1.82, 2.24) is 15.0 Å². The molecule has 7 nitrogen and oxygen atoms in total. The van der Waals surface area contributed by atoms with E-state index in [0.717, 1.165) is 11.1 Å². The van der Waals surface area contributed by atoms with Crippen molar-refractivity contribution in [1.29, 1.82) is 0 Å². The third-order valence-electron chi connectivity index (χ3n) is 4.74. The zero-order valence-electron chi connectivity index (χ0n) is 15.7. The average molecular weight is 405 g/mol. The molecule has 29 heavy (non-hydrogen) atoms. The van der Waals surface area contributed by atoms with Crippen LogP contribution in [0.5, 0.6) is 0 Å². The van der Waals surface area contributed by atoms with Crippen molar-refractivity contribution in [2.45, 2.75) is 19.4 Å². The largest absolute Gasteiger partial charge is 0.457 e. The van der Waals surface area contributed by atoms with Crippen molar-refractivity contribution in [3.05, 3.63) is 87.6 Å². The highest BCUT2D eigenvalue weighted by Gasteiger charge is 2.36. The summed E-state index contributed by atoms with van der Waals surface area (Å²) in [6.45, 7) is 1.98. The van der Waals surface area contributed by atoms with Crippen LogP contribution in [0.15, 0.2) is 66.1 Å². The molecule has 0 amide bonds. The molecule has 146 valence electrons. The van der Waals surface area contributed by atoms with E-state index in [1.165, 1.54) is 0 Å². The molecule has 1 atom stereocenters. The molecular formula is C21H19N5O2S. The van der Waals surface area contributed by atoms with Gasteiger partial charge in [-0.1, -0.05) is 36.4 Å². The zero-order chi connectivity index (χ0) is 20.4. The molecule has 2 aromatic heterocycles. The van der Waals surface area contributed by atoms with Crippen LogP contribution < -0.4 is 11.1 Å². The summed E-state index contributed by atoms with van der Waals surface area (Å²) in [5.74, 6) is -0.0396. The molecule has 1 aliphatic heterocycles. The normalized spacial score (nSPS) is 15.4. The first-order chi connectivity index (χ1) is 14.0. The summed E-state index contributed by atoms with van der Waals surface area (Å²) in [6.07, 6.45) is 3.38. The number of benzene rings is 1. The van der Waals surface area contributed by atoms with E-state index < -0.39 is 11.9 Å². The van der Waals surface area contributed by atoms with Gasteiger partial charge in [0.05, 0.1) is 11.5 Å². The van der Waals surface area contributed by atoms with E-state index >= 15 is 0 Å². The van der Waals surface area contributed by atoms with E-state index in [0.29, 0.717) is 28.5 Å². The molecule has 1 aliphatic rings. The van der Waals surface area contributed by atoms with Gasteiger partial charge in [-0.05, 0) is 36.3 Å². The average Bonchev–Trinajstić information content (AvgIpc) is 2.72. The molecular weight excluding hydrogens is 386 g/mol. The Morgan fingerprint density at radius 3 is 2.76 bits per heavy atom. The Hall–Kier alpha value is -3.52. The number of esters is 1. The van der Waals surface area contributed by atoms with Gasteiger partial charge >= 0.3 is 5.97 Å². The Morgan fingerprint density at radius 1 is 1.24 bits per heavy atom. The highest BCUT2D eigenvalue weighted by atomic mass is 32.1. The predicted octanol–water partition coefficient (Wildman–Crippen LogP) is 3.69. The van der Waals surface area contributed by atoms with E-state index in [1.807, 2.05) is 49.4 Å². The van der Waals surface area contributed by atoms with Crippen molar-refractivity contribution in [2.75, 3.05) is 11.1 Å². The predicted molar refractivity (Wildman–Crippen MR) is 112 cm³/mol. The minimum absolute atomic E-state index is 0.175. The summed E-state index contributed by atoms with van der Waals surface area (Å²) in [5.41, 5.74) is 9.70.